The number of nitrogens with one attached hydrogen (secondary N) is 1. The van der Waals surface area contributed by atoms with Crippen LogP contribution in [0.2, 0.25) is 0 Å². The Bertz CT molecular complexity index is 334. The van der Waals surface area contributed by atoms with Crippen molar-refractivity contribution >= 4 is 5.78 Å². The SMILES string of the molecule is CNC(CCCc1ccc(F)cc1)C(C)=O. The standard InChI is InChI=1S/C13H18FNO/c1-10(16)13(15-2)5-3-4-11-6-8-12(14)9-7-11/h6-9,13,15H,3-5H2,1-2H3. The lowest BCUT2D eigenvalue weighted by molar-refractivity contribution is -0.119. The number of carbonyl (C=O) groups is 1. The van der Waals surface area contributed by atoms with E-state index >= 15 is 0 Å². The number of aryl methyl sites for hydroxylation is 1. The molecule has 0 bridgehead atoms. The van der Waals surface area contributed by atoms with Gasteiger partial charge in [-0.25, -0.2) is 4.39 Å². The molecule has 0 aromatic heterocycles. The summed E-state index contributed by atoms with van der Waals surface area (Å²) in [6.45, 7) is 1.60. The monoisotopic (exact) mass is 223 g/mol. The van der Waals surface area contributed by atoms with E-state index in [1.807, 2.05) is 0 Å². The molecule has 16 heavy (non-hydrogen) atoms. The second-order valence-electron chi connectivity index (χ2n) is 3.97. The van der Waals surface area contributed by atoms with Crippen molar-refractivity contribution < 1.29 is 9.18 Å². The molecule has 0 heterocycles. The minimum absolute atomic E-state index is 0.0551. The maximum atomic E-state index is 12.6. The predicted molar refractivity (Wildman–Crippen MR) is 62.9 cm³/mol. The van der Waals surface area contributed by atoms with Crippen molar-refractivity contribution in [1.82, 2.24) is 5.32 Å². The zero-order valence-electron chi connectivity index (χ0n) is 9.79. The average molecular weight is 223 g/mol. The Labute approximate surface area is 95.9 Å². The summed E-state index contributed by atoms with van der Waals surface area (Å²) in [4.78, 5) is 11.1. The largest absolute Gasteiger partial charge is 0.311 e. The van der Waals surface area contributed by atoms with Gasteiger partial charge in [0.25, 0.3) is 0 Å². The second-order valence-corrected chi connectivity index (χ2v) is 3.97. The first-order valence-corrected chi connectivity index (χ1v) is 5.55. The zero-order chi connectivity index (χ0) is 12.0. The van der Waals surface area contributed by atoms with Gasteiger partial charge in [0.2, 0.25) is 0 Å². The number of halogens is 1. The number of carbonyl (C=O) groups excluding carboxylic acids is 1. The van der Waals surface area contributed by atoms with E-state index in [0.717, 1.165) is 24.8 Å². The smallest absolute Gasteiger partial charge is 0.146 e. The van der Waals surface area contributed by atoms with E-state index < -0.39 is 0 Å². The molecule has 3 heteroatoms. The molecule has 0 fully saturated rings. The van der Waals surface area contributed by atoms with Crippen molar-refractivity contribution in [3.05, 3.63) is 35.6 Å². The average Bonchev–Trinajstić information content (AvgIpc) is 2.26. The van der Waals surface area contributed by atoms with Gasteiger partial charge < -0.3 is 5.32 Å². The summed E-state index contributed by atoms with van der Waals surface area (Å²) < 4.78 is 12.6. The van der Waals surface area contributed by atoms with Crippen LogP contribution in [0.25, 0.3) is 0 Å². The van der Waals surface area contributed by atoms with Gasteiger partial charge in [-0.1, -0.05) is 12.1 Å². The Balaban J connectivity index is 2.35. The lowest BCUT2D eigenvalue weighted by atomic mass is 10.0. The molecule has 0 aliphatic rings. The predicted octanol–water partition coefficient (Wildman–Crippen LogP) is 2.33. The quantitative estimate of drug-likeness (QED) is 0.802. The Morgan fingerprint density at radius 1 is 1.38 bits per heavy atom. The first-order chi connectivity index (χ1) is 7.63. The molecule has 1 unspecified atom stereocenters. The van der Waals surface area contributed by atoms with Crippen molar-refractivity contribution in [2.45, 2.75) is 32.2 Å². The van der Waals surface area contributed by atoms with Crippen molar-refractivity contribution in [2.24, 2.45) is 0 Å². The molecular formula is C13H18FNO. The fourth-order valence-electron chi connectivity index (χ4n) is 1.71. The topological polar surface area (TPSA) is 29.1 Å². The maximum absolute atomic E-state index is 12.6. The molecule has 0 saturated carbocycles. The summed E-state index contributed by atoms with van der Waals surface area (Å²) >= 11 is 0. The molecule has 0 amide bonds. The third-order valence-electron chi connectivity index (χ3n) is 2.71. The van der Waals surface area contributed by atoms with Crippen LogP contribution < -0.4 is 5.32 Å². The molecule has 1 N–H and O–H groups in total. The van der Waals surface area contributed by atoms with E-state index in [-0.39, 0.29) is 17.6 Å². The van der Waals surface area contributed by atoms with Gasteiger partial charge in [0.05, 0.1) is 6.04 Å². The molecule has 0 spiro atoms. The minimum Gasteiger partial charge on any atom is -0.311 e. The van der Waals surface area contributed by atoms with Crippen LogP contribution >= 0.6 is 0 Å². The molecule has 1 aromatic carbocycles. The number of rotatable bonds is 6. The molecule has 0 saturated heterocycles. The van der Waals surface area contributed by atoms with Gasteiger partial charge in [-0.05, 0) is 50.9 Å². The van der Waals surface area contributed by atoms with Gasteiger partial charge in [-0.15, -0.1) is 0 Å². The van der Waals surface area contributed by atoms with Crippen molar-refractivity contribution in [2.75, 3.05) is 7.05 Å². The van der Waals surface area contributed by atoms with Crippen LogP contribution in [0.4, 0.5) is 4.39 Å². The lowest BCUT2D eigenvalue weighted by Crippen LogP contribution is -2.32. The normalized spacial score (nSPS) is 12.4. The first-order valence-electron chi connectivity index (χ1n) is 5.55. The van der Waals surface area contributed by atoms with Gasteiger partial charge in [0.1, 0.15) is 11.6 Å². The molecule has 88 valence electrons. The van der Waals surface area contributed by atoms with Gasteiger partial charge in [-0.3, -0.25) is 4.79 Å². The van der Waals surface area contributed by atoms with E-state index in [2.05, 4.69) is 5.32 Å². The minimum atomic E-state index is -0.208. The highest BCUT2D eigenvalue weighted by atomic mass is 19.1. The van der Waals surface area contributed by atoms with Crippen LogP contribution in [0.1, 0.15) is 25.3 Å². The zero-order valence-corrected chi connectivity index (χ0v) is 9.79. The summed E-state index contributed by atoms with van der Waals surface area (Å²) in [6.07, 6.45) is 2.63. The number of benzene rings is 1. The summed E-state index contributed by atoms with van der Waals surface area (Å²) in [6, 6.07) is 6.46. The van der Waals surface area contributed by atoms with Crippen molar-refractivity contribution in [3.8, 4) is 0 Å². The molecule has 0 aliphatic carbocycles. The van der Waals surface area contributed by atoms with E-state index in [1.165, 1.54) is 12.1 Å². The van der Waals surface area contributed by atoms with E-state index in [4.69, 9.17) is 0 Å². The highest BCUT2D eigenvalue weighted by Crippen LogP contribution is 2.08. The Morgan fingerprint density at radius 3 is 2.50 bits per heavy atom. The van der Waals surface area contributed by atoms with E-state index in [0.29, 0.717) is 0 Å². The van der Waals surface area contributed by atoms with Gasteiger partial charge in [-0.2, -0.15) is 0 Å². The van der Waals surface area contributed by atoms with Gasteiger partial charge >= 0.3 is 0 Å². The van der Waals surface area contributed by atoms with Crippen molar-refractivity contribution in [3.63, 3.8) is 0 Å². The number of Topliss-reactive ketones (excluding diaryl/α,β-unsaturated/α-hetero) is 1. The number of ketones is 1. The maximum Gasteiger partial charge on any atom is 0.146 e. The summed E-state index contributed by atoms with van der Waals surface area (Å²) in [5, 5.41) is 2.99. The Morgan fingerprint density at radius 2 is 2.00 bits per heavy atom. The second kappa shape index (κ2) is 6.38. The first kappa shape index (κ1) is 12.8. The number of likely N-dealkylation sites (N-methyl/N-ethyl adjacent to an activating group) is 1. The molecule has 0 radical (unpaired) electrons. The van der Waals surface area contributed by atoms with Crippen LogP contribution in [0, 0.1) is 5.82 Å². The Kier molecular flexibility index (Phi) is 5.12. The third kappa shape index (κ3) is 4.11. The highest BCUT2D eigenvalue weighted by molar-refractivity contribution is 5.81. The summed E-state index contributed by atoms with van der Waals surface area (Å²) in [5.74, 6) is -0.0396. The van der Waals surface area contributed by atoms with Gasteiger partial charge in [0.15, 0.2) is 0 Å². The summed E-state index contributed by atoms with van der Waals surface area (Å²) in [5.41, 5.74) is 1.11. The van der Waals surface area contributed by atoms with Crippen LogP contribution in [0.15, 0.2) is 24.3 Å². The van der Waals surface area contributed by atoms with Crippen LogP contribution in [0.3, 0.4) is 0 Å². The Hall–Kier alpha value is -1.22. The molecule has 1 atom stereocenters. The van der Waals surface area contributed by atoms with Crippen LogP contribution in [-0.2, 0) is 11.2 Å². The van der Waals surface area contributed by atoms with E-state index in [9.17, 15) is 9.18 Å². The van der Waals surface area contributed by atoms with Crippen molar-refractivity contribution in [1.29, 1.82) is 0 Å². The summed E-state index contributed by atoms with van der Waals surface area (Å²) in [7, 11) is 1.80. The fraction of sp³-hybridized carbons (Fsp3) is 0.462. The lowest BCUT2D eigenvalue weighted by Gasteiger charge is -2.11. The number of hydrogen-bond donors (Lipinski definition) is 1. The molecular weight excluding hydrogens is 205 g/mol. The molecule has 2 nitrogen and oxygen atoms in total. The third-order valence-corrected chi connectivity index (χ3v) is 2.71. The van der Waals surface area contributed by atoms with Gasteiger partial charge in [0, 0.05) is 0 Å². The van der Waals surface area contributed by atoms with Crippen LogP contribution in [-0.4, -0.2) is 18.9 Å². The molecule has 1 aromatic rings. The molecule has 0 aliphatic heterocycles. The number of hydrogen-bond acceptors (Lipinski definition) is 2. The van der Waals surface area contributed by atoms with Crippen LogP contribution in [0.5, 0.6) is 0 Å². The molecule has 1 rings (SSSR count). The highest BCUT2D eigenvalue weighted by Gasteiger charge is 2.10. The van der Waals surface area contributed by atoms with E-state index in [1.54, 1.807) is 26.1 Å². The fourth-order valence-corrected chi connectivity index (χ4v) is 1.71.